The molecule has 0 bridgehead atoms. The molecule has 2 heterocycles. The van der Waals surface area contributed by atoms with Gasteiger partial charge >= 0.3 is 0 Å². The van der Waals surface area contributed by atoms with Crippen LogP contribution in [0.3, 0.4) is 0 Å². The van der Waals surface area contributed by atoms with Crippen LogP contribution in [-0.2, 0) is 10.0 Å². The van der Waals surface area contributed by atoms with E-state index in [4.69, 9.17) is 0 Å². The average molecular weight is 457 g/mol. The van der Waals surface area contributed by atoms with E-state index in [1.54, 1.807) is 6.07 Å². The summed E-state index contributed by atoms with van der Waals surface area (Å²) in [7, 11) is -3.58. The van der Waals surface area contributed by atoms with Crippen molar-refractivity contribution in [3.63, 3.8) is 0 Å². The number of amides is 1. The molecular weight excluding hydrogens is 440 g/mol. The van der Waals surface area contributed by atoms with Crippen LogP contribution in [0.2, 0.25) is 0 Å². The molecule has 26 heavy (non-hydrogen) atoms. The van der Waals surface area contributed by atoms with Crippen LogP contribution >= 0.6 is 27.3 Å². The van der Waals surface area contributed by atoms with E-state index >= 15 is 0 Å². The quantitative estimate of drug-likeness (QED) is 0.745. The molecule has 2 aliphatic rings. The van der Waals surface area contributed by atoms with E-state index < -0.39 is 15.9 Å². The number of benzene rings is 1. The maximum Gasteiger partial charge on any atom is 0.258 e. The van der Waals surface area contributed by atoms with Gasteiger partial charge in [0, 0.05) is 23.5 Å². The zero-order valence-corrected chi connectivity index (χ0v) is 17.0. The van der Waals surface area contributed by atoms with Crippen molar-refractivity contribution in [2.24, 2.45) is 0 Å². The predicted octanol–water partition coefficient (Wildman–Crippen LogP) is 3.21. The Morgan fingerprint density at radius 1 is 1.23 bits per heavy atom. The lowest BCUT2D eigenvalue weighted by molar-refractivity contribution is 0.102. The molecule has 1 amide bonds. The molecular formula is C16H17BrN4O3S2. The summed E-state index contributed by atoms with van der Waals surface area (Å²) in [5.41, 5.74) is 0.258. The molecule has 1 aromatic heterocycles. The number of carbonyl (C=O) groups is 1. The van der Waals surface area contributed by atoms with Gasteiger partial charge in [0.1, 0.15) is 5.01 Å². The highest BCUT2D eigenvalue weighted by Crippen LogP contribution is 2.42. The molecule has 2 fully saturated rings. The number of nitrogens with one attached hydrogen (secondary N) is 1. The second kappa shape index (κ2) is 6.99. The second-order valence-corrected chi connectivity index (χ2v) is 10.2. The smallest absolute Gasteiger partial charge is 0.258 e. The predicted molar refractivity (Wildman–Crippen MR) is 102 cm³/mol. The molecule has 0 spiro atoms. The van der Waals surface area contributed by atoms with Gasteiger partial charge < -0.3 is 0 Å². The van der Waals surface area contributed by atoms with E-state index in [1.165, 1.54) is 27.8 Å². The lowest BCUT2D eigenvalue weighted by Crippen LogP contribution is -2.28. The molecule has 4 rings (SSSR count). The number of hydrogen-bond acceptors (Lipinski definition) is 6. The van der Waals surface area contributed by atoms with Gasteiger partial charge in [-0.2, -0.15) is 4.31 Å². The van der Waals surface area contributed by atoms with Gasteiger partial charge in [0.05, 0.1) is 10.5 Å². The Hall–Kier alpha value is -1.36. The van der Waals surface area contributed by atoms with Gasteiger partial charge in [0.2, 0.25) is 15.2 Å². The van der Waals surface area contributed by atoms with Crippen LogP contribution < -0.4 is 5.32 Å². The van der Waals surface area contributed by atoms with Gasteiger partial charge in [0.25, 0.3) is 5.91 Å². The number of anilines is 1. The molecule has 1 N–H and O–H groups in total. The van der Waals surface area contributed by atoms with E-state index in [-0.39, 0.29) is 10.5 Å². The molecule has 0 radical (unpaired) electrons. The van der Waals surface area contributed by atoms with Crippen LogP contribution in [0, 0.1) is 0 Å². The summed E-state index contributed by atoms with van der Waals surface area (Å²) in [4.78, 5) is 12.7. The largest absolute Gasteiger partial charge is 0.296 e. The summed E-state index contributed by atoms with van der Waals surface area (Å²) in [6, 6.07) is 4.52. The molecule has 0 atom stereocenters. The molecule has 1 aliphatic heterocycles. The van der Waals surface area contributed by atoms with E-state index in [9.17, 15) is 13.2 Å². The number of carbonyl (C=O) groups excluding carboxylic acids is 1. The highest BCUT2D eigenvalue weighted by molar-refractivity contribution is 9.10. The van der Waals surface area contributed by atoms with Crippen molar-refractivity contribution in [3.8, 4) is 0 Å². The average Bonchev–Trinajstić information content (AvgIpc) is 3.10. The molecule has 10 heteroatoms. The van der Waals surface area contributed by atoms with Crippen LogP contribution in [-0.4, -0.2) is 41.9 Å². The van der Waals surface area contributed by atoms with Gasteiger partial charge in [-0.25, -0.2) is 8.42 Å². The Bertz CT molecular complexity index is 950. The maximum absolute atomic E-state index is 12.7. The summed E-state index contributed by atoms with van der Waals surface area (Å²) < 4.78 is 27.4. The van der Waals surface area contributed by atoms with Crippen LogP contribution in [0.1, 0.15) is 47.0 Å². The fraction of sp³-hybridized carbons (Fsp3) is 0.438. The number of rotatable bonds is 5. The van der Waals surface area contributed by atoms with Crippen molar-refractivity contribution in [3.05, 3.63) is 33.2 Å². The molecule has 2 aromatic rings. The van der Waals surface area contributed by atoms with Crippen LogP contribution in [0.5, 0.6) is 0 Å². The van der Waals surface area contributed by atoms with Gasteiger partial charge in [-0.3, -0.25) is 10.1 Å². The van der Waals surface area contributed by atoms with Crippen LogP contribution in [0.15, 0.2) is 27.6 Å². The molecule has 1 aromatic carbocycles. The minimum absolute atomic E-state index is 0.128. The van der Waals surface area contributed by atoms with Crippen molar-refractivity contribution in [1.82, 2.24) is 14.5 Å². The summed E-state index contributed by atoms with van der Waals surface area (Å²) in [6.07, 6.45) is 3.96. The zero-order chi connectivity index (χ0) is 18.3. The minimum atomic E-state index is -3.58. The Labute approximate surface area is 164 Å². The third kappa shape index (κ3) is 3.55. The summed E-state index contributed by atoms with van der Waals surface area (Å²) in [5.74, 6) is 0.0627. The highest BCUT2D eigenvalue weighted by Gasteiger charge is 2.29. The summed E-state index contributed by atoms with van der Waals surface area (Å²) in [6.45, 7) is 1.04. The van der Waals surface area contributed by atoms with Crippen LogP contribution in [0.4, 0.5) is 5.13 Å². The molecule has 1 saturated carbocycles. The first kappa shape index (κ1) is 18.0. The third-order valence-corrected chi connectivity index (χ3v) is 8.06. The fourth-order valence-corrected chi connectivity index (χ4v) is 5.74. The number of aromatic nitrogens is 2. The van der Waals surface area contributed by atoms with Crippen molar-refractivity contribution in [2.75, 3.05) is 18.4 Å². The monoisotopic (exact) mass is 456 g/mol. The highest BCUT2D eigenvalue weighted by atomic mass is 79.9. The van der Waals surface area contributed by atoms with Crippen LogP contribution in [0.25, 0.3) is 0 Å². The third-order valence-electron chi connectivity index (χ3n) is 4.47. The number of hydrogen-bond donors (Lipinski definition) is 1. The van der Waals surface area contributed by atoms with Gasteiger partial charge in [0.15, 0.2) is 0 Å². The lowest BCUT2D eigenvalue weighted by atomic mass is 10.2. The first-order valence-corrected chi connectivity index (χ1v) is 11.4. The van der Waals surface area contributed by atoms with E-state index in [0.717, 1.165) is 30.7 Å². The molecule has 1 aliphatic carbocycles. The Morgan fingerprint density at radius 3 is 2.65 bits per heavy atom. The number of sulfonamides is 1. The Balaban J connectivity index is 1.57. The Morgan fingerprint density at radius 2 is 1.96 bits per heavy atom. The van der Waals surface area contributed by atoms with Gasteiger partial charge in [-0.15, -0.1) is 10.2 Å². The SMILES string of the molecule is O=C(Nc1nnc(C2CC2)s1)c1cc(S(=O)(=O)N2CCCC2)ccc1Br. The molecule has 138 valence electrons. The van der Waals surface area contributed by atoms with Gasteiger partial charge in [-0.1, -0.05) is 11.3 Å². The first-order valence-electron chi connectivity index (χ1n) is 8.39. The van der Waals surface area contributed by atoms with Gasteiger partial charge in [-0.05, 0) is 59.8 Å². The van der Waals surface area contributed by atoms with Crippen molar-refractivity contribution < 1.29 is 13.2 Å². The van der Waals surface area contributed by atoms with E-state index in [2.05, 4.69) is 31.4 Å². The second-order valence-electron chi connectivity index (χ2n) is 6.43. The molecule has 0 unspecified atom stereocenters. The minimum Gasteiger partial charge on any atom is -0.296 e. The first-order chi connectivity index (χ1) is 12.4. The van der Waals surface area contributed by atoms with Crippen molar-refractivity contribution in [2.45, 2.75) is 36.5 Å². The van der Waals surface area contributed by atoms with Crippen molar-refractivity contribution in [1.29, 1.82) is 0 Å². The normalized spacial score (nSPS) is 18.2. The maximum atomic E-state index is 12.7. The standard InChI is InChI=1S/C16H17BrN4O3S2/c17-13-6-5-11(26(23,24)21-7-1-2-8-21)9-12(13)14(22)18-16-20-19-15(25-16)10-3-4-10/h5-6,9-10H,1-4,7-8H2,(H,18,20,22). The zero-order valence-electron chi connectivity index (χ0n) is 13.8. The Kier molecular flexibility index (Phi) is 4.84. The topological polar surface area (TPSA) is 92.3 Å². The van der Waals surface area contributed by atoms with E-state index in [0.29, 0.717) is 28.6 Å². The molecule has 7 nitrogen and oxygen atoms in total. The molecule has 1 saturated heterocycles. The number of halogens is 1. The fourth-order valence-electron chi connectivity index (χ4n) is 2.86. The summed E-state index contributed by atoms with van der Waals surface area (Å²) in [5, 5.41) is 12.2. The van der Waals surface area contributed by atoms with E-state index in [1.807, 2.05) is 0 Å². The van der Waals surface area contributed by atoms with Crippen molar-refractivity contribution >= 4 is 48.3 Å². The lowest BCUT2D eigenvalue weighted by Gasteiger charge is -2.16. The summed E-state index contributed by atoms with van der Waals surface area (Å²) >= 11 is 4.70. The number of nitrogens with zero attached hydrogens (tertiary/aromatic N) is 3.